The first-order valence-electron chi connectivity index (χ1n) is 1.65. The summed E-state index contributed by atoms with van der Waals surface area (Å²) < 4.78 is 6.26. The Labute approximate surface area is 27.3 Å². The Balaban J connectivity index is 2.54. The smallest absolute Gasteiger partial charge is 0.284 e. The molecule has 4 heavy (non-hydrogen) atoms. The highest BCUT2D eigenvalue weighted by Gasteiger charge is 1.64. The fourth-order valence-corrected chi connectivity index (χ4v) is 0. The van der Waals surface area contributed by atoms with E-state index in [2.05, 4.69) is 0 Å². The molecule has 0 fully saturated rings. The van der Waals surface area contributed by atoms with Crippen LogP contribution in [-0.2, 0) is 0 Å². The summed E-state index contributed by atoms with van der Waals surface area (Å²) in [4.78, 5) is 0. The molecule has 0 aromatic heterocycles. The molecule has 3 heteroatoms. The zero-order valence-corrected chi connectivity index (χ0v) is 2.31. The van der Waals surface area contributed by atoms with Crippen LogP contribution in [0.3, 0.4) is 0 Å². The van der Waals surface area contributed by atoms with E-state index in [1.807, 2.05) is 0 Å². The molecule has 0 aliphatic rings. The van der Waals surface area contributed by atoms with Crippen molar-refractivity contribution in [3.05, 3.63) is 0 Å². The van der Waals surface area contributed by atoms with Gasteiger partial charge in [0.1, 0.15) is 0 Å². The van der Waals surface area contributed by atoms with Crippen LogP contribution in [0.2, 0.25) is 0 Å². The lowest BCUT2D eigenvalue weighted by molar-refractivity contribution is 0.602. The maximum atomic E-state index is 7.90. The van der Waals surface area contributed by atoms with Gasteiger partial charge in [-0.05, 0) is 6.44 Å². The molecule has 0 heterocycles. The minimum atomic E-state index is -1.09. The number of hydrogen-bond acceptors (Lipinski definition) is 2. The van der Waals surface area contributed by atoms with Crippen molar-refractivity contribution >= 4 is 7.45 Å². The molecular formula is CH6BNO. The van der Waals surface area contributed by atoms with Crippen molar-refractivity contribution in [2.24, 2.45) is 5.73 Å². The minimum Gasteiger partial charge on any atom is -0.453 e. The van der Waals surface area contributed by atoms with Gasteiger partial charge in [0.2, 0.25) is 0 Å². The Morgan fingerprint density at radius 1 is 2.50 bits per heavy atom. The third kappa shape index (κ3) is 1.98. The van der Waals surface area contributed by atoms with Gasteiger partial charge in [-0.3, -0.25) is 0 Å². The molecule has 24 valence electrons. The summed E-state index contributed by atoms with van der Waals surface area (Å²) >= 11 is 0. The van der Waals surface area contributed by atoms with Gasteiger partial charge in [-0.2, -0.15) is 0 Å². The van der Waals surface area contributed by atoms with Gasteiger partial charge in [-0.15, -0.1) is 0 Å². The van der Waals surface area contributed by atoms with Gasteiger partial charge in [-0.25, -0.2) is 0 Å². The van der Waals surface area contributed by atoms with Crippen LogP contribution in [0.1, 0.15) is 0 Å². The number of rotatable bonds is 1. The van der Waals surface area contributed by atoms with Crippen molar-refractivity contribution in [2.75, 3.05) is 6.44 Å². The monoisotopic (exact) mass is 60.1 g/mol. The van der Waals surface area contributed by atoms with E-state index in [0.717, 1.165) is 0 Å². The molecular weight excluding hydrogens is 52.8 g/mol. The molecule has 0 aliphatic carbocycles. The predicted octanol–water partition coefficient (Wildman–Crippen LogP) is -1.75. The van der Waals surface area contributed by atoms with Crippen LogP contribution in [0.5, 0.6) is 0 Å². The Morgan fingerprint density at radius 3 is 2.75 bits per heavy atom. The Bertz CT molecular complexity index is 25.6. The Hall–Kier alpha value is -0.0151. The average molecular weight is 59.9 g/mol. The highest BCUT2D eigenvalue weighted by molar-refractivity contribution is 6.25. The second-order valence-corrected chi connectivity index (χ2v) is 0.418. The normalized spacial score (nSPS) is 10.0. The fourth-order valence-electron chi connectivity index (χ4n) is 0. The fraction of sp³-hybridized carbons (Fsp3) is 1.00. The number of nitrogens with two attached hydrogens (primary N) is 1. The van der Waals surface area contributed by atoms with Gasteiger partial charge >= 0.3 is 0 Å². The first kappa shape index (κ1) is 2.24. The van der Waals surface area contributed by atoms with Gasteiger partial charge in [-0.1, -0.05) is 0 Å². The third-order valence-electron chi connectivity index (χ3n) is 0.105. The molecule has 0 radical (unpaired) electrons. The van der Waals surface area contributed by atoms with Gasteiger partial charge in [0.15, 0.2) is 0 Å². The molecule has 3 N–H and O–H groups in total. The first-order chi connectivity index (χ1) is 2.27. The summed E-state index contributed by atoms with van der Waals surface area (Å²) in [7, 11) is -1.09. The summed E-state index contributed by atoms with van der Waals surface area (Å²) in [6.45, 7) is 0. The lowest BCUT2D eigenvalue weighted by Crippen LogP contribution is -2.06. The van der Waals surface area contributed by atoms with E-state index in [-0.39, 0.29) is 6.44 Å². The lowest BCUT2D eigenvalue weighted by atomic mass is 10.1. The second-order valence-electron chi connectivity index (χ2n) is 0.418. The molecule has 0 amide bonds. The van der Waals surface area contributed by atoms with Crippen LogP contribution in [0.4, 0.5) is 0 Å². The standard InChI is InChI=1S/CH6BNO/c3-1-2-4/h2,4H,1,3H2/i2D. The van der Waals surface area contributed by atoms with E-state index in [0.29, 0.717) is 0 Å². The molecule has 2 nitrogen and oxygen atoms in total. The SMILES string of the molecule is [2H]B(O)CN. The van der Waals surface area contributed by atoms with Gasteiger partial charge in [0, 0.05) is 1.34 Å². The van der Waals surface area contributed by atoms with Crippen molar-refractivity contribution in [3.63, 3.8) is 0 Å². The summed E-state index contributed by atoms with van der Waals surface area (Å²) in [6.07, 6.45) is 0.0278. The molecule has 0 aromatic rings. The van der Waals surface area contributed by atoms with Crippen LogP contribution in [0.15, 0.2) is 0 Å². The summed E-state index contributed by atoms with van der Waals surface area (Å²) in [5, 5.41) is 7.90. The molecule has 0 aromatic carbocycles. The third-order valence-corrected chi connectivity index (χ3v) is 0.105. The van der Waals surface area contributed by atoms with Crippen molar-refractivity contribution in [3.8, 4) is 0 Å². The van der Waals surface area contributed by atoms with Crippen LogP contribution in [0.25, 0.3) is 0 Å². The van der Waals surface area contributed by atoms with E-state index in [1.165, 1.54) is 0 Å². The Morgan fingerprint density at radius 2 is 2.75 bits per heavy atom. The molecule has 0 bridgehead atoms. The summed E-state index contributed by atoms with van der Waals surface area (Å²) in [5.74, 6) is 0. The highest BCUT2D eigenvalue weighted by Crippen LogP contribution is 1.25. The van der Waals surface area contributed by atoms with Crippen molar-refractivity contribution < 1.29 is 5.02 Å². The van der Waals surface area contributed by atoms with Crippen LogP contribution in [0, 0.1) is 0 Å². The van der Waals surface area contributed by atoms with Gasteiger partial charge < -0.3 is 10.8 Å². The maximum Gasteiger partial charge on any atom is 0.284 e. The van der Waals surface area contributed by atoms with Crippen molar-refractivity contribution in [2.45, 2.75) is 0 Å². The lowest BCUT2D eigenvalue weighted by Gasteiger charge is -1.66. The maximum absolute atomic E-state index is 7.90. The molecule has 0 rings (SSSR count). The van der Waals surface area contributed by atoms with Crippen molar-refractivity contribution in [1.29, 1.82) is 1.34 Å². The van der Waals surface area contributed by atoms with E-state index in [1.54, 1.807) is 0 Å². The Kier molecular flexibility index (Phi) is 1.67. The predicted molar refractivity (Wildman–Crippen MR) is 18.4 cm³/mol. The molecule has 0 atom stereocenters. The highest BCUT2D eigenvalue weighted by atomic mass is 16.2. The second kappa shape index (κ2) is 2.98. The van der Waals surface area contributed by atoms with E-state index < -0.39 is 7.45 Å². The van der Waals surface area contributed by atoms with Gasteiger partial charge in [0.05, 0.1) is 0 Å². The van der Waals surface area contributed by atoms with E-state index in [4.69, 9.17) is 12.1 Å². The van der Waals surface area contributed by atoms with E-state index in [9.17, 15) is 0 Å². The van der Waals surface area contributed by atoms with Gasteiger partial charge in [0.25, 0.3) is 7.45 Å². The van der Waals surface area contributed by atoms with Crippen LogP contribution >= 0.6 is 0 Å². The zero-order chi connectivity index (χ0) is 4.28. The number of hydrogen-bond donors (Lipinski definition) is 2. The largest absolute Gasteiger partial charge is 0.453 e. The zero-order valence-electron chi connectivity index (χ0n) is 3.31. The van der Waals surface area contributed by atoms with E-state index >= 15 is 0 Å². The molecule has 0 spiro atoms. The van der Waals surface area contributed by atoms with Crippen LogP contribution < -0.4 is 5.73 Å². The summed E-state index contributed by atoms with van der Waals surface area (Å²) in [5.41, 5.74) is 4.73. The molecule has 0 unspecified atom stereocenters. The van der Waals surface area contributed by atoms with Crippen LogP contribution in [-0.4, -0.2) is 20.2 Å². The quantitative estimate of drug-likeness (QED) is 0.352. The average Bonchev–Trinajstić information content (AvgIpc) is 1.38. The summed E-state index contributed by atoms with van der Waals surface area (Å²) in [6, 6.07) is 0. The molecule has 0 aliphatic heterocycles. The topological polar surface area (TPSA) is 46.2 Å². The molecule has 0 saturated heterocycles. The molecule has 0 saturated carbocycles. The minimum absolute atomic E-state index is 0.0278. The van der Waals surface area contributed by atoms with Crippen molar-refractivity contribution in [1.82, 2.24) is 0 Å². The first-order valence-corrected chi connectivity index (χ1v) is 1.07.